The molecule has 1 aromatic carbocycles. The fourth-order valence-electron chi connectivity index (χ4n) is 1.65. The van der Waals surface area contributed by atoms with Crippen LogP contribution in [0.2, 0.25) is 0 Å². The Kier molecular flexibility index (Phi) is 3.13. The Morgan fingerprint density at radius 3 is 2.50 bits per heavy atom. The van der Waals surface area contributed by atoms with E-state index >= 15 is 0 Å². The fraction of sp³-hybridized carbons (Fsp3) is 0.462. The lowest BCUT2D eigenvalue weighted by Gasteiger charge is -2.14. The third kappa shape index (κ3) is 2.54. The molecule has 3 nitrogen and oxygen atoms in total. The molecule has 2 rings (SSSR count). The van der Waals surface area contributed by atoms with Crippen molar-refractivity contribution in [2.75, 3.05) is 7.11 Å². The molecule has 1 fully saturated rings. The number of benzene rings is 1. The van der Waals surface area contributed by atoms with Gasteiger partial charge in [-0.3, -0.25) is 4.79 Å². The summed E-state index contributed by atoms with van der Waals surface area (Å²) in [5, 5.41) is 3.02. The van der Waals surface area contributed by atoms with Crippen molar-refractivity contribution in [3.05, 3.63) is 29.8 Å². The van der Waals surface area contributed by atoms with Crippen LogP contribution < -0.4 is 10.1 Å². The Morgan fingerprint density at radius 1 is 1.38 bits per heavy atom. The largest absolute Gasteiger partial charge is 0.497 e. The number of hydrogen-bond acceptors (Lipinski definition) is 2. The SMILES string of the molecule is COc1ccc(C(C)NC(=O)C2CC2)cc1. The topological polar surface area (TPSA) is 38.3 Å². The smallest absolute Gasteiger partial charge is 0.223 e. The molecule has 1 N–H and O–H groups in total. The van der Waals surface area contributed by atoms with Gasteiger partial charge in [-0.2, -0.15) is 0 Å². The van der Waals surface area contributed by atoms with Gasteiger partial charge >= 0.3 is 0 Å². The van der Waals surface area contributed by atoms with Crippen molar-refractivity contribution in [3.8, 4) is 5.75 Å². The molecule has 0 aliphatic heterocycles. The van der Waals surface area contributed by atoms with E-state index in [9.17, 15) is 4.79 Å². The van der Waals surface area contributed by atoms with Crippen LogP contribution in [-0.4, -0.2) is 13.0 Å². The normalized spacial score (nSPS) is 16.6. The van der Waals surface area contributed by atoms with Gasteiger partial charge in [0.25, 0.3) is 0 Å². The number of amides is 1. The minimum Gasteiger partial charge on any atom is -0.497 e. The maximum atomic E-state index is 11.6. The van der Waals surface area contributed by atoms with Crippen molar-refractivity contribution in [2.24, 2.45) is 5.92 Å². The van der Waals surface area contributed by atoms with Crippen molar-refractivity contribution < 1.29 is 9.53 Å². The molecule has 0 saturated heterocycles. The van der Waals surface area contributed by atoms with Gasteiger partial charge in [0, 0.05) is 5.92 Å². The van der Waals surface area contributed by atoms with Crippen LogP contribution in [0.3, 0.4) is 0 Å². The van der Waals surface area contributed by atoms with E-state index in [0.29, 0.717) is 0 Å². The van der Waals surface area contributed by atoms with Crippen LogP contribution in [0.25, 0.3) is 0 Å². The van der Waals surface area contributed by atoms with Crippen LogP contribution in [0.15, 0.2) is 24.3 Å². The van der Waals surface area contributed by atoms with Gasteiger partial charge in [0.05, 0.1) is 13.2 Å². The van der Waals surface area contributed by atoms with Gasteiger partial charge in [0.2, 0.25) is 5.91 Å². The summed E-state index contributed by atoms with van der Waals surface area (Å²) >= 11 is 0. The lowest BCUT2D eigenvalue weighted by Crippen LogP contribution is -2.27. The molecule has 86 valence electrons. The van der Waals surface area contributed by atoms with Gasteiger partial charge in [-0.25, -0.2) is 0 Å². The highest BCUT2D eigenvalue weighted by Crippen LogP contribution is 2.29. The summed E-state index contributed by atoms with van der Waals surface area (Å²) in [7, 11) is 1.65. The highest BCUT2D eigenvalue weighted by molar-refractivity contribution is 5.81. The third-order valence-corrected chi connectivity index (χ3v) is 2.92. The quantitative estimate of drug-likeness (QED) is 0.843. The number of carbonyl (C=O) groups excluding carboxylic acids is 1. The summed E-state index contributed by atoms with van der Waals surface area (Å²) in [6.45, 7) is 2.00. The molecule has 1 unspecified atom stereocenters. The molecule has 1 aliphatic rings. The van der Waals surface area contributed by atoms with Crippen molar-refractivity contribution in [2.45, 2.75) is 25.8 Å². The van der Waals surface area contributed by atoms with Crippen molar-refractivity contribution >= 4 is 5.91 Å². The second-order valence-electron chi connectivity index (χ2n) is 4.28. The van der Waals surface area contributed by atoms with Gasteiger partial charge in [0.1, 0.15) is 5.75 Å². The number of nitrogens with one attached hydrogen (secondary N) is 1. The lowest BCUT2D eigenvalue weighted by molar-refractivity contribution is -0.122. The molecule has 0 radical (unpaired) electrons. The van der Waals surface area contributed by atoms with Crippen LogP contribution in [-0.2, 0) is 4.79 Å². The number of hydrogen-bond donors (Lipinski definition) is 1. The Morgan fingerprint density at radius 2 is 2.00 bits per heavy atom. The molecule has 16 heavy (non-hydrogen) atoms. The zero-order valence-electron chi connectivity index (χ0n) is 9.69. The van der Waals surface area contributed by atoms with Gasteiger partial charge < -0.3 is 10.1 Å². The zero-order valence-corrected chi connectivity index (χ0v) is 9.69. The molecule has 1 aromatic rings. The molecule has 0 aromatic heterocycles. The average molecular weight is 219 g/mol. The summed E-state index contributed by atoms with van der Waals surface area (Å²) in [6.07, 6.45) is 2.09. The van der Waals surface area contributed by atoms with Crippen LogP contribution in [0.4, 0.5) is 0 Å². The minimum absolute atomic E-state index is 0.0685. The third-order valence-electron chi connectivity index (χ3n) is 2.92. The van der Waals surface area contributed by atoms with Gasteiger partial charge in [0.15, 0.2) is 0 Å². The van der Waals surface area contributed by atoms with E-state index in [1.807, 2.05) is 31.2 Å². The molecular weight excluding hydrogens is 202 g/mol. The molecule has 0 spiro atoms. The summed E-state index contributed by atoms with van der Waals surface area (Å²) in [5.74, 6) is 1.29. The standard InChI is InChI=1S/C13H17NO2/c1-9(14-13(15)11-3-4-11)10-5-7-12(16-2)8-6-10/h5-9,11H,3-4H2,1-2H3,(H,14,15). The first kappa shape index (κ1) is 11.0. The van der Waals surface area contributed by atoms with E-state index in [2.05, 4.69) is 5.32 Å². The van der Waals surface area contributed by atoms with Gasteiger partial charge in [-0.15, -0.1) is 0 Å². The first-order valence-corrected chi connectivity index (χ1v) is 5.65. The Hall–Kier alpha value is -1.51. The second-order valence-corrected chi connectivity index (χ2v) is 4.28. The van der Waals surface area contributed by atoms with E-state index in [1.165, 1.54) is 0 Å². The predicted octanol–water partition coefficient (Wildman–Crippen LogP) is 2.28. The number of ether oxygens (including phenoxy) is 1. The van der Waals surface area contributed by atoms with Crippen molar-refractivity contribution in [3.63, 3.8) is 0 Å². The molecule has 1 amide bonds. The monoisotopic (exact) mass is 219 g/mol. The summed E-state index contributed by atoms with van der Waals surface area (Å²) < 4.78 is 5.09. The van der Waals surface area contributed by atoms with Crippen molar-refractivity contribution in [1.82, 2.24) is 5.32 Å². The lowest BCUT2D eigenvalue weighted by atomic mass is 10.1. The minimum atomic E-state index is 0.0685. The zero-order chi connectivity index (χ0) is 11.5. The first-order chi connectivity index (χ1) is 7.70. The van der Waals surface area contributed by atoms with Gasteiger partial charge in [-0.1, -0.05) is 12.1 Å². The fourth-order valence-corrected chi connectivity index (χ4v) is 1.65. The molecular formula is C13H17NO2. The van der Waals surface area contributed by atoms with Crippen molar-refractivity contribution in [1.29, 1.82) is 0 Å². The van der Waals surface area contributed by atoms with E-state index in [-0.39, 0.29) is 17.9 Å². The highest BCUT2D eigenvalue weighted by atomic mass is 16.5. The molecule has 0 heterocycles. The van der Waals surface area contributed by atoms with E-state index in [1.54, 1.807) is 7.11 Å². The number of methoxy groups -OCH3 is 1. The van der Waals surface area contributed by atoms with E-state index in [0.717, 1.165) is 24.2 Å². The number of rotatable bonds is 4. The molecule has 1 aliphatic carbocycles. The van der Waals surface area contributed by atoms with E-state index in [4.69, 9.17) is 4.74 Å². The molecule has 0 bridgehead atoms. The highest BCUT2D eigenvalue weighted by Gasteiger charge is 2.30. The maximum Gasteiger partial charge on any atom is 0.223 e. The van der Waals surface area contributed by atoms with E-state index < -0.39 is 0 Å². The molecule has 1 saturated carbocycles. The molecule has 1 atom stereocenters. The Labute approximate surface area is 95.8 Å². The van der Waals surface area contributed by atoms with Crippen LogP contribution in [0.5, 0.6) is 5.75 Å². The Balaban J connectivity index is 1.96. The Bertz CT molecular complexity index is 368. The summed E-state index contributed by atoms with van der Waals surface area (Å²) in [5.41, 5.74) is 1.11. The van der Waals surface area contributed by atoms with Crippen LogP contribution in [0, 0.1) is 5.92 Å². The predicted molar refractivity (Wildman–Crippen MR) is 62.3 cm³/mol. The van der Waals surface area contributed by atoms with Crippen LogP contribution in [0.1, 0.15) is 31.4 Å². The van der Waals surface area contributed by atoms with Gasteiger partial charge in [-0.05, 0) is 37.5 Å². The maximum absolute atomic E-state index is 11.6. The summed E-state index contributed by atoms with van der Waals surface area (Å²) in [6, 6.07) is 7.86. The van der Waals surface area contributed by atoms with Crippen LogP contribution >= 0.6 is 0 Å². The average Bonchev–Trinajstić information content (AvgIpc) is 3.13. The first-order valence-electron chi connectivity index (χ1n) is 5.65. The molecule has 3 heteroatoms. The summed E-state index contributed by atoms with van der Waals surface area (Å²) in [4.78, 5) is 11.6. The second kappa shape index (κ2) is 4.56. The number of carbonyl (C=O) groups is 1.